The molecule has 0 amide bonds. The lowest BCUT2D eigenvalue weighted by atomic mass is 10.6. The van der Waals surface area contributed by atoms with Crippen LogP contribution in [0.2, 0.25) is 0 Å². The third kappa shape index (κ3) is 2.17. The van der Waals surface area contributed by atoms with Gasteiger partial charge in [0.1, 0.15) is 0 Å². The molecule has 1 heterocycles. The molecule has 0 aromatic heterocycles. The van der Waals surface area contributed by atoms with Crippen LogP contribution in [0.15, 0.2) is 0 Å². The Labute approximate surface area is 69.9 Å². The summed E-state index contributed by atoms with van der Waals surface area (Å²) < 4.78 is 0.822. The Bertz CT molecular complexity index is 80.4. The summed E-state index contributed by atoms with van der Waals surface area (Å²) in [5.74, 6) is 0. The van der Waals surface area contributed by atoms with Crippen LogP contribution in [0, 0.1) is 0 Å². The molecule has 0 radical (unpaired) electrons. The molecule has 0 spiro atoms. The van der Waals surface area contributed by atoms with Gasteiger partial charge in [-0.05, 0) is 6.26 Å². The van der Waals surface area contributed by atoms with Crippen molar-refractivity contribution in [2.24, 2.45) is 0 Å². The summed E-state index contributed by atoms with van der Waals surface area (Å²) in [4.78, 5) is 0.942. The van der Waals surface area contributed by atoms with Crippen LogP contribution in [0.4, 0.5) is 0 Å². The van der Waals surface area contributed by atoms with Gasteiger partial charge in [0.2, 0.25) is 0 Å². The lowest BCUT2D eigenvalue weighted by Crippen LogP contribution is -1.98. The number of hydrogen-bond acceptors (Lipinski definition) is 4. The maximum absolute atomic E-state index is 2.19. The Hall–Kier alpha value is 1.75. The molecule has 0 atom stereocenters. The minimum atomic E-state index is 0.822. The fourth-order valence-corrected chi connectivity index (χ4v) is 10.3. The van der Waals surface area contributed by atoms with Crippen molar-refractivity contribution in [1.82, 2.24) is 0 Å². The molecule has 44 valence electrons. The lowest BCUT2D eigenvalue weighted by molar-refractivity contribution is 2.54. The Balaban J connectivity index is 2.22. The average Bonchev–Trinajstić information content (AvgIpc) is 2.14. The van der Waals surface area contributed by atoms with E-state index in [0.29, 0.717) is 0 Å². The van der Waals surface area contributed by atoms with Crippen LogP contribution < -0.4 is 0 Å². The van der Waals surface area contributed by atoms with Crippen LogP contribution in [0.1, 0.15) is 0 Å². The van der Waals surface area contributed by atoms with E-state index in [4.69, 9.17) is 0 Å². The van der Waals surface area contributed by atoms with E-state index in [1.807, 2.05) is 22.3 Å². The van der Waals surface area contributed by atoms with E-state index in [2.05, 4.69) is 28.4 Å². The third-order valence-electron chi connectivity index (χ3n) is 0.765. The zero-order valence-corrected chi connectivity index (χ0v) is 10.1. The first-order valence-electron chi connectivity index (χ1n) is 2.33. The minimum Gasteiger partial charge on any atom is -0.221 e. The van der Waals surface area contributed by atoms with Gasteiger partial charge < -0.3 is 0 Å². The third-order valence-corrected chi connectivity index (χ3v) is 10.7. The topological polar surface area (TPSA) is 0 Å². The second-order valence-electron chi connectivity index (χ2n) is 1.42. The van der Waals surface area contributed by atoms with E-state index in [9.17, 15) is 0 Å². The van der Waals surface area contributed by atoms with Gasteiger partial charge in [0, 0.05) is 10.1 Å². The molecule has 0 saturated carbocycles. The largest absolute Gasteiger partial charge is 0.341 e. The first-order valence-corrected chi connectivity index (χ1v) is 7.99. The summed E-state index contributed by atoms with van der Waals surface area (Å²) in [5.41, 5.74) is 0. The molecule has 0 aromatic rings. The van der Waals surface area contributed by atoms with Crippen molar-refractivity contribution in [2.75, 3.05) is 6.26 Å². The second kappa shape index (κ2) is 3.80. The van der Waals surface area contributed by atoms with E-state index in [-0.39, 0.29) is 0 Å². The number of hydrogen-bond donors (Lipinski definition) is 0. The Morgan fingerprint density at radius 1 is 1.50 bits per heavy atom. The zero-order chi connectivity index (χ0) is 5.98. The predicted molar refractivity (Wildman–Crippen MR) is 57.7 cm³/mol. The molecule has 0 aliphatic carbocycles. The standard InChI is InChI=1S/CH6B2S4Si/c1-4-2-5-3(8)7-6-2/h1,8H3. The summed E-state index contributed by atoms with van der Waals surface area (Å²) >= 11 is 4.08. The van der Waals surface area contributed by atoms with Crippen molar-refractivity contribution in [1.29, 1.82) is 0 Å². The van der Waals surface area contributed by atoms with Gasteiger partial charge in [-0.2, -0.15) is 11.6 Å². The molecule has 0 aromatic carbocycles. The highest BCUT2D eigenvalue weighted by atomic mass is 33.1. The summed E-state index contributed by atoms with van der Waals surface area (Å²) in [6.45, 7) is 0. The summed E-state index contributed by atoms with van der Waals surface area (Å²) in [5, 5.41) is 0. The van der Waals surface area contributed by atoms with Gasteiger partial charge in [-0.15, -0.1) is 21.3 Å². The molecule has 1 fully saturated rings. The zero-order valence-electron chi connectivity index (χ0n) is 4.79. The molecule has 0 unspecified atom stereocenters. The smallest absolute Gasteiger partial charge is 0.221 e. The first-order chi connectivity index (χ1) is 3.83. The predicted octanol–water partition coefficient (Wildman–Crippen LogP) is 0.813. The van der Waals surface area contributed by atoms with Crippen molar-refractivity contribution in [3.63, 3.8) is 0 Å². The van der Waals surface area contributed by atoms with Gasteiger partial charge in [-0.25, -0.2) is 11.5 Å². The highest BCUT2D eigenvalue weighted by Gasteiger charge is 2.28. The van der Waals surface area contributed by atoms with Crippen LogP contribution in [-0.4, -0.2) is 25.8 Å². The SMILES string of the molecule is CSB1SSB([SiH3])S1. The van der Waals surface area contributed by atoms with Gasteiger partial charge >= 0.3 is 4.55 Å². The average molecular weight is 196 g/mol. The van der Waals surface area contributed by atoms with E-state index in [1.165, 1.54) is 10.1 Å². The van der Waals surface area contributed by atoms with Crippen LogP contribution in [0.5, 0.6) is 0 Å². The Morgan fingerprint density at radius 2 is 2.25 bits per heavy atom. The molecule has 7 heteroatoms. The highest BCUT2D eigenvalue weighted by molar-refractivity contribution is 9.19. The first kappa shape index (κ1) is 7.85. The van der Waals surface area contributed by atoms with Crippen LogP contribution in [0.25, 0.3) is 0 Å². The molecule has 0 nitrogen and oxygen atoms in total. The normalized spacial score (nSPS) is 20.6. The highest BCUT2D eigenvalue weighted by Crippen LogP contribution is 2.47. The molecule has 1 aliphatic heterocycles. The molecular formula is CH6B2S4Si. The Morgan fingerprint density at radius 3 is 2.50 bits per heavy atom. The van der Waals surface area contributed by atoms with E-state index in [1.54, 1.807) is 0 Å². The van der Waals surface area contributed by atoms with Crippen molar-refractivity contribution in [2.45, 2.75) is 0 Å². The molecule has 1 rings (SSSR count). The van der Waals surface area contributed by atoms with Gasteiger partial charge in [-0.1, -0.05) is 0 Å². The molecule has 8 heavy (non-hydrogen) atoms. The van der Waals surface area contributed by atoms with Gasteiger partial charge in [0.05, 0.1) is 0 Å². The molecule has 1 saturated heterocycles. The molecule has 1 aliphatic rings. The van der Waals surface area contributed by atoms with E-state index in [0.717, 1.165) is 9.41 Å². The summed E-state index contributed by atoms with van der Waals surface area (Å²) in [6, 6.07) is 0. The summed E-state index contributed by atoms with van der Waals surface area (Å²) in [6.07, 6.45) is 2.19. The van der Waals surface area contributed by atoms with Gasteiger partial charge in [0.25, 0.3) is 4.86 Å². The second-order valence-corrected chi connectivity index (χ2v) is 10.6. The van der Waals surface area contributed by atoms with Crippen LogP contribution >= 0.6 is 44.4 Å². The lowest BCUT2D eigenvalue weighted by Gasteiger charge is -1.93. The van der Waals surface area contributed by atoms with Crippen molar-refractivity contribution >= 4 is 63.9 Å². The molecule has 0 N–H and O–H groups in total. The number of rotatable bonds is 1. The maximum Gasteiger partial charge on any atom is 0.341 e. The van der Waals surface area contributed by atoms with Crippen molar-refractivity contribution < 1.29 is 0 Å². The van der Waals surface area contributed by atoms with E-state index >= 15 is 0 Å². The van der Waals surface area contributed by atoms with Crippen LogP contribution in [-0.2, 0) is 0 Å². The Kier molecular flexibility index (Phi) is 3.73. The molecule has 0 bridgehead atoms. The van der Waals surface area contributed by atoms with Crippen LogP contribution in [0.3, 0.4) is 0 Å². The van der Waals surface area contributed by atoms with E-state index < -0.39 is 0 Å². The molecular weight excluding hydrogens is 190 g/mol. The summed E-state index contributed by atoms with van der Waals surface area (Å²) in [7, 11) is 5.42. The van der Waals surface area contributed by atoms with Crippen molar-refractivity contribution in [3.8, 4) is 0 Å². The van der Waals surface area contributed by atoms with Gasteiger partial charge in [-0.3, -0.25) is 0 Å². The maximum atomic E-state index is 2.19. The van der Waals surface area contributed by atoms with Crippen molar-refractivity contribution in [3.05, 3.63) is 0 Å². The minimum absolute atomic E-state index is 0.822. The quantitative estimate of drug-likeness (QED) is 0.449. The fourth-order valence-electron chi connectivity index (χ4n) is 0.420. The monoisotopic (exact) mass is 196 g/mol. The van der Waals surface area contributed by atoms with Gasteiger partial charge in [0.15, 0.2) is 0 Å². The fraction of sp³-hybridized carbons (Fsp3) is 1.00.